The zero-order valence-corrected chi connectivity index (χ0v) is 23.3. The first-order valence-electron chi connectivity index (χ1n) is 14.3. The van der Waals surface area contributed by atoms with Gasteiger partial charge in [-0.2, -0.15) is 0 Å². The smallest absolute Gasteiger partial charge is 0.246 e. The van der Waals surface area contributed by atoms with E-state index in [-0.39, 0.29) is 24.1 Å². The second-order valence-corrected chi connectivity index (χ2v) is 12.1. The van der Waals surface area contributed by atoms with Crippen LogP contribution in [0.5, 0.6) is 11.5 Å². The fraction of sp³-hybridized carbons (Fsp3) is 0.485. The monoisotopic (exact) mass is 528 g/mol. The molecule has 2 aliphatic carbocycles. The minimum Gasteiger partial charge on any atom is -0.493 e. The van der Waals surface area contributed by atoms with Gasteiger partial charge in [-0.05, 0) is 61.4 Å². The van der Waals surface area contributed by atoms with Crippen molar-refractivity contribution in [2.75, 3.05) is 26.7 Å². The van der Waals surface area contributed by atoms with Crippen LogP contribution in [0.15, 0.2) is 61.2 Å². The second-order valence-electron chi connectivity index (χ2n) is 12.1. The number of methoxy groups -OCH3 is 1. The van der Waals surface area contributed by atoms with E-state index in [1.807, 2.05) is 53.5 Å². The summed E-state index contributed by atoms with van der Waals surface area (Å²) in [5.41, 5.74) is 1.80. The van der Waals surface area contributed by atoms with Crippen LogP contribution < -0.4 is 9.47 Å². The molecule has 2 aliphatic heterocycles. The Morgan fingerprint density at radius 1 is 1.26 bits per heavy atom. The van der Waals surface area contributed by atoms with Gasteiger partial charge in [-0.1, -0.05) is 56.3 Å². The van der Waals surface area contributed by atoms with Crippen LogP contribution in [-0.2, 0) is 16.6 Å². The molecule has 1 spiro atoms. The number of benzene rings is 2. The lowest BCUT2D eigenvalue weighted by Crippen LogP contribution is -2.78. The van der Waals surface area contributed by atoms with Crippen LogP contribution in [-0.4, -0.2) is 71.3 Å². The van der Waals surface area contributed by atoms with Crippen molar-refractivity contribution in [2.45, 2.75) is 68.7 Å². The first kappa shape index (κ1) is 26.1. The summed E-state index contributed by atoms with van der Waals surface area (Å²) < 4.78 is 12.7. The van der Waals surface area contributed by atoms with Gasteiger partial charge in [0.15, 0.2) is 11.5 Å². The Hall–Kier alpha value is -3.09. The number of carbonyl (C=O) groups excluding carboxylic acids is 1. The van der Waals surface area contributed by atoms with Crippen LogP contribution in [0.1, 0.15) is 49.8 Å². The number of rotatable bonds is 8. The molecule has 206 valence electrons. The minimum absolute atomic E-state index is 0.0115. The van der Waals surface area contributed by atoms with Gasteiger partial charge in [0.25, 0.3) is 0 Å². The average Bonchev–Trinajstić information content (AvgIpc) is 3.28. The molecule has 0 radical (unpaired) electrons. The van der Waals surface area contributed by atoms with Gasteiger partial charge in [-0.15, -0.1) is 6.58 Å². The predicted molar refractivity (Wildman–Crippen MR) is 153 cm³/mol. The molecule has 0 aromatic heterocycles. The minimum atomic E-state index is -0.952. The SMILES string of the molecule is C=CCN1CC[C@]23c4c5ccc(OC)c4O[C@H]2[C@@H](N(CC(C)C)C(=O)C=Cc2ccccc2)CC[C@@]3(O)[C@H]1C5. The van der Waals surface area contributed by atoms with E-state index in [0.29, 0.717) is 31.1 Å². The van der Waals surface area contributed by atoms with Gasteiger partial charge in [-0.25, -0.2) is 0 Å². The number of aliphatic hydroxyl groups is 1. The molecule has 0 unspecified atom stereocenters. The van der Waals surface area contributed by atoms with E-state index < -0.39 is 11.0 Å². The summed E-state index contributed by atoms with van der Waals surface area (Å²) >= 11 is 0. The third kappa shape index (κ3) is 3.86. The predicted octanol–water partition coefficient (Wildman–Crippen LogP) is 4.60. The number of likely N-dealkylation sites (tertiary alicyclic amines) is 1. The summed E-state index contributed by atoms with van der Waals surface area (Å²) in [5.74, 6) is 1.75. The summed E-state index contributed by atoms with van der Waals surface area (Å²) in [6.45, 7) is 10.5. The van der Waals surface area contributed by atoms with E-state index in [0.717, 1.165) is 42.8 Å². The Morgan fingerprint density at radius 3 is 2.77 bits per heavy atom. The lowest BCUT2D eigenvalue weighted by Gasteiger charge is -2.64. The van der Waals surface area contributed by atoms with Crippen molar-refractivity contribution in [1.29, 1.82) is 0 Å². The molecule has 5 atom stereocenters. The molecule has 2 aromatic carbocycles. The van der Waals surface area contributed by atoms with E-state index in [4.69, 9.17) is 9.47 Å². The van der Waals surface area contributed by atoms with Crippen LogP contribution in [0, 0.1) is 5.92 Å². The van der Waals surface area contributed by atoms with Crippen molar-refractivity contribution < 1.29 is 19.4 Å². The summed E-state index contributed by atoms with van der Waals surface area (Å²) in [6, 6.07) is 13.9. The quantitative estimate of drug-likeness (QED) is 0.401. The Balaban J connectivity index is 1.44. The molecule has 6 nitrogen and oxygen atoms in total. The highest BCUT2D eigenvalue weighted by Gasteiger charge is 2.73. The van der Waals surface area contributed by atoms with Crippen molar-refractivity contribution >= 4 is 12.0 Å². The zero-order valence-electron chi connectivity index (χ0n) is 23.3. The maximum atomic E-state index is 13.9. The highest BCUT2D eigenvalue weighted by Crippen LogP contribution is 2.66. The summed E-state index contributed by atoms with van der Waals surface area (Å²) in [7, 11) is 1.67. The molecule has 2 bridgehead atoms. The van der Waals surface area contributed by atoms with Crippen molar-refractivity contribution in [2.24, 2.45) is 5.92 Å². The van der Waals surface area contributed by atoms with Gasteiger partial charge in [0.2, 0.25) is 5.91 Å². The maximum Gasteiger partial charge on any atom is 0.246 e. The van der Waals surface area contributed by atoms with Crippen molar-refractivity contribution in [1.82, 2.24) is 9.80 Å². The Kier molecular flexibility index (Phi) is 6.59. The number of carbonyl (C=O) groups is 1. The van der Waals surface area contributed by atoms with E-state index in [2.05, 4.69) is 31.4 Å². The lowest BCUT2D eigenvalue weighted by molar-refractivity contribution is -0.199. The fourth-order valence-corrected chi connectivity index (χ4v) is 8.07. The lowest BCUT2D eigenvalue weighted by atomic mass is 9.48. The Morgan fingerprint density at radius 2 is 2.05 bits per heavy atom. The van der Waals surface area contributed by atoms with Crippen molar-refractivity contribution in [3.8, 4) is 11.5 Å². The summed E-state index contributed by atoms with van der Waals surface area (Å²) in [5, 5.41) is 12.7. The van der Waals surface area contributed by atoms with E-state index in [9.17, 15) is 9.90 Å². The van der Waals surface area contributed by atoms with E-state index in [1.54, 1.807) is 13.2 Å². The largest absolute Gasteiger partial charge is 0.493 e. The van der Waals surface area contributed by atoms with E-state index in [1.165, 1.54) is 5.56 Å². The maximum absolute atomic E-state index is 13.9. The molecule has 6 rings (SSSR count). The van der Waals surface area contributed by atoms with Crippen LogP contribution >= 0.6 is 0 Å². The first-order chi connectivity index (χ1) is 18.8. The molecule has 4 aliphatic rings. The summed E-state index contributed by atoms with van der Waals surface area (Å²) in [4.78, 5) is 18.3. The van der Waals surface area contributed by atoms with Gasteiger partial charge < -0.3 is 19.5 Å². The van der Waals surface area contributed by atoms with Crippen LogP contribution in [0.2, 0.25) is 0 Å². The number of hydrogen-bond acceptors (Lipinski definition) is 5. The van der Waals surface area contributed by atoms with Crippen LogP contribution in [0.25, 0.3) is 6.08 Å². The number of amides is 1. The van der Waals surface area contributed by atoms with Gasteiger partial charge >= 0.3 is 0 Å². The van der Waals surface area contributed by atoms with Gasteiger partial charge in [0.1, 0.15) is 6.10 Å². The molecule has 1 saturated heterocycles. The van der Waals surface area contributed by atoms with Crippen molar-refractivity contribution in [3.63, 3.8) is 0 Å². The molecule has 1 saturated carbocycles. The third-order valence-corrected chi connectivity index (χ3v) is 9.57. The van der Waals surface area contributed by atoms with Gasteiger partial charge in [0, 0.05) is 30.8 Å². The highest BCUT2D eigenvalue weighted by atomic mass is 16.5. The van der Waals surface area contributed by atoms with Gasteiger partial charge in [0.05, 0.1) is 24.2 Å². The van der Waals surface area contributed by atoms with E-state index >= 15 is 0 Å². The third-order valence-electron chi connectivity index (χ3n) is 9.57. The number of piperidine rings is 1. The Labute approximate surface area is 231 Å². The number of ether oxygens (including phenoxy) is 2. The molecular weight excluding hydrogens is 488 g/mol. The molecule has 6 heteroatoms. The number of nitrogens with zero attached hydrogens (tertiary/aromatic N) is 2. The molecule has 2 fully saturated rings. The highest BCUT2D eigenvalue weighted by molar-refractivity contribution is 5.92. The number of hydrogen-bond donors (Lipinski definition) is 1. The van der Waals surface area contributed by atoms with Crippen LogP contribution in [0.3, 0.4) is 0 Å². The fourth-order valence-electron chi connectivity index (χ4n) is 8.07. The zero-order chi connectivity index (χ0) is 27.4. The molecule has 2 aromatic rings. The first-order valence-corrected chi connectivity index (χ1v) is 14.3. The van der Waals surface area contributed by atoms with Crippen molar-refractivity contribution in [3.05, 3.63) is 77.9 Å². The molecule has 1 N–H and O–H groups in total. The normalized spacial score (nSPS) is 30.6. The molecule has 2 heterocycles. The van der Waals surface area contributed by atoms with Crippen LogP contribution in [0.4, 0.5) is 0 Å². The molecule has 1 amide bonds. The topological polar surface area (TPSA) is 62.2 Å². The molecular formula is C33H40N2O4. The Bertz CT molecular complexity index is 1290. The standard InChI is InChI=1S/C33H40N2O4/c1-5-18-34-19-17-32-29-24-12-13-26(38-4)30(29)39-31(32)25(15-16-33(32,37)27(34)20-24)35(21-22(2)3)28(36)14-11-23-9-7-6-8-10-23/h5-14,22,25,27,31,37H,1,15-21H2,2-4H3/t25-,27+,31-,32-,33+/m0/s1. The van der Waals surface area contributed by atoms with Gasteiger partial charge in [-0.3, -0.25) is 9.69 Å². The average molecular weight is 529 g/mol. The molecule has 39 heavy (non-hydrogen) atoms. The second kappa shape index (κ2) is 9.83. The summed E-state index contributed by atoms with van der Waals surface area (Å²) in [6.07, 6.45) is 8.03.